The van der Waals surface area contributed by atoms with E-state index >= 15 is 0 Å². The Morgan fingerprint density at radius 2 is 2.00 bits per heavy atom. The molecule has 3 N–H and O–H groups in total. The van der Waals surface area contributed by atoms with Crippen molar-refractivity contribution in [1.29, 1.82) is 0 Å². The van der Waals surface area contributed by atoms with Crippen molar-refractivity contribution in [2.45, 2.75) is 38.6 Å². The van der Waals surface area contributed by atoms with Gasteiger partial charge in [-0.05, 0) is 18.8 Å². The van der Waals surface area contributed by atoms with E-state index in [9.17, 15) is 4.79 Å². The molecule has 1 aliphatic rings. The van der Waals surface area contributed by atoms with Crippen molar-refractivity contribution in [3.05, 3.63) is 35.2 Å². The Labute approximate surface area is 134 Å². The van der Waals surface area contributed by atoms with Crippen molar-refractivity contribution in [3.8, 4) is 11.3 Å². The Kier molecular flexibility index (Phi) is 4.43. The van der Waals surface area contributed by atoms with Gasteiger partial charge in [0.2, 0.25) is 0 Å². The molecular formula is C17H21N3OS. The molecular weight excluding hydrogens is 294 g/mol. The number of hydrogen-bond acceptors (Lipinski definition) is 4. The number of hydrogen-bond donors (Lipinski definition) is 2. The SMILES string of the molecule is CC1CCCCC1NC(=O)c1sc(N)nc1-c1ccccc1. The van der Waals surface area contributed by atoms with Crippen molar-refractivity contribution in [2.24, 2.45) is 5.92 Å². The molecule has 4 nitrogen and oxygen atoms in total. The summed E-state index contributed by atoms with van der Waals surface area (Å²) < 4.78 is 0. The Bertz CT molecular complexity index is 653. The molecule has 1 amide bonds. The van der Waals surface area contributed by atoms with Crippen molar-refractivity contribution in [3.63, 3.8) is 0 Å². The molecule has 0 radical (unpaired) electrons. The van der Waals surface area contributed by atoms with E-state index < -0.39 is 0 Å². The summed E-state index contributed by atoms with van der Waals surface area (Å²) in [5.41, 5.74) is 7.45. The molecule has 1 aliphatic carbocycles. The summed E-state index contributed by atoms with van der Waals surface area (Å²) in [6, 6.07) is 9.99. The van der Waals surface area contributed by atoms with Gasteiger partial charge in [-0.25, -0.2) is 4.98 Å². The van der Waals surface area contributed by atoms with Crippen LogP contribution in [0.4, 0.5) is 5.13 Å². The van der Waals surface area contributed by atoms with Crippen LogP contribution in [0.2, 0.25) is 0 Å². The number of nitrogens with two attached hydrogens (primary N) is 1. The Morgan fingerprint density at radius 1 is 1.27 bits per heavy atom. The van der Waals surface area contributed by atoms with Gasteiger partial charge in [-0.3, -0.25) is 4.79 Å². The molecule has 0 bridgehead atoms. The minimum absolute atomic E-state index is 0.0493. The van der Waals surface area contributed by atoms with Crippen LogP contribution in [0.5, 0.6) is 0 Å². The van der Waals surface area contributed by atoms with Crippen LogP contribution in [-0.2, 0) is 0 Å². The second kappa shape index (κ2) is 6.48. The average Bonchev–Trinajstić information content (AvgIpc) is 2.92. The molecule has 1 aromatic heterocycles. The van der Waals surface area contributed by atoms with Gasteiger partial charge in [-0.1, -0.05) is 61.4 Å². The predicted octanol–water partition coefficient (Wildman–Crippen LogP) is 3.70. The maximum atomic E-state index is 12.7. The van der Waals surface area contributed by atoms with Gasteiger partial charge in [-0.15, -0.1) is 0 Å². The van der Waals surface area contributed by atoms with E-state index in [4.69, 9.17) is 5.73 Å². The Hall–Kier alpha value is -1.88. The molecule has 0 aliphatic heterocycles. The molecule has 22 heavy (non-hydrogen) atoms. The molecule has 3 rings (SSSR count). The summed E-state index contributed by atoms with van der Waals surface area (Å²) in [4.78, 5) is 17.6. The standard InChI is InChI=1S/C17H21N3OS/c1-11-7-5-6-10-13(11)19-16(21)15-14(20-17(18)22-15)12-8-3-2-4-9-12/h2-4,8-9,11,13H,5-7,10H2,1H3,(H2,18,20)(H,19,21). The highest BCUT2D eigenvalue weighted by molar-refractivity contribution is 7.17. The van der Waals surface area contributed by atoms with E-state index in [1.165, 1.54) is 30.6 Å². The van der Waals surface area contributed by atoms with Gasteiger partial charge in [-0.2, -0.15) is 0 Å². The molecule has 2 atom stereocenters. The molecule has 2 aromatic rings. The van der Waals surface area contributed by atoms with E-state index in [-0.39, 0.29) is 11.9 Å². The molecule has 1 aromatic carbocycles. The fourth-order valence-electron chi connectivity index (χ4n) is 3.05. The number of carbonyl (C=O) groups is 1. The van der Waals surface area contributed by atoms with Gasteiger partial charge in [0, 0.05) is 11.6 Å². The minimum atomic E-state index is -0.0493. The number of nitrogens with zero attached hydrogens (tertiary/aromatic N) is 1. The Morgan fingerprint density at radius 3 is 2.73 bits per heavy atom. The molecule has 0 spiro atoms. The average molecular weight is 315 g/mol. The summed E-state index contributed by atoms with van der Waals surface area (Å²) in [5, 5.41) is 3.62. The smallest absolute Gasteiger partial charge is 0.263 e. The third-order valence-corrected chi connectivity index (χ3v) is 5.21. The zero-order valence-electron chi connectivity index (χ0n) is 12.7. The number of anilines is 1. The van der Waals surface area contributed by atoms with Crippen molar-refractivity contribution >= 4 is 22.4 Å². The number of benzene rings is 1. The lowest BCUT2D eigenvalue weighted by molar-refractivity contribution is 0.0915. The van der Waals surface area contributed by atoms with E-state index in [2.05, 4.69) is 17.2 Å². The highest BCUT2D eigenvalue weighted by Gasteiger charge is 2.26. The van der Waals surface area contributed by atoms with Crippen LogP contribution in [0.25, 0.3) is 11.3 Å². The predicted molar refractivity (Wildman–Crippen MR) is 90.8 cm³/mol. The first-order valence-corrected chi connectivity index (χ1v) is 8.59. The first kappa shape index (κ1) is 15.0. The van der Waals surface area contributed by atoms with Crippen LogP contribution in [0.1, 0.15) is 42.3 Å². The molecule has 5 heteroatoms. The maximum Gasteiger partial charge on any atom is 0.263 e. The van der Waals surface area contributed by atoms with Crippen LogP contribution in [-0.4, -0.2) is 16.9 Å². The number of nitrogens with one attached hydrogen (secondary N) is 1. The highest BCUT2D eigenvalue weighted by atomic mass is 32.1. The van der Waals surface area contributed by atoms with Gasteiger partial charge in [0.25, 0.3) is 5.91 Å². The third kappa shape index (κ3) is 3.14. The first-order chi connectivity index (χ1) is 10.6. The van der Waals surface area contributed by atoms with Crippen molar-refractivity contribution in [1.82, 2.24) is 10.3 Å². The lowest BCUT2D eigenvalue weighted by atomic mass is 9.86. The summed E-state index contributed by atoms with van der Waals surface area (Å²) in [7, 11) is 0. The van der Waals surface area contributed by atoms with E-state index in [1.54, 1.807) is 0 Å². The Balaban J connectivity index is 1.84. The van der Waals surface area contributed by atoms with Crippen LogP contribution in [0, 0.1) is 5.92 Å². The summed E-state index contributed by atoms with van der Waals surface area (Å²) in [6.45, 7) is 2.21. The molecule has 116 valence electrons. The lowest BCUT2D eigenvalue weighted by Crippen LogP contribution is -2.40. The summed E-state index contributed by atoms with van der Waals surface area (Å²) in [5.74, 6) is 0.481. The first-order valence-electron chi connectivity index (χ1n) is 7.77. The molecule has 2 unspecified atom stereocenters. The van der Waals surface area contributed by atoms with Gasteiger partial charge >= 0.3 is 0 Å². The van der Waals surface area contributed by atoms with Crippen molar-refractivity contribution in [2.75, 3.05) is 5.73 Å². The third-order valence-electron chi connectivity index (χ3n) is 4.33. The molecule has 1 heterocycles. The number of carbonyl (C=O) groups excluding carboxylic acids is 1. The number of aromatic nitrogens is 1. The zero-order valence-corrected chi connectivity index (χ0v) is 13.5. The van der Waals surface area contributed by atoms with Crippen LogP contribution in [0.3, 0.4) is 0 Å². The highest BCUT2D eigenvalue weighted by Crippen LogP contribution is 2.30. The maximum absolute atomic E-state index is 12.7. The fraction of sp³-hybridized carbons (Fsp3) is 0.412. The molecule has 1 fully saturated rings. The summed E-state index contributed by atoms with van der Waals surface area (Å²) in [6.07, 6.45) is 4.69. The van der Waals surface area contributed by atoms with Gasteiger partial charge in [0.15, 0.2) is 5.13 Å². The topological polar surface area (TPSA) is 68.0 Å². The van der Waals surface area contributed by atoms with E-state index in [0.29, 0.717) is 21.6 Å². The van der Waals surface area contributed by atoms with Crippen LogP contribution in [0.15, 0.2) is 30.3 Å². The van der Waals surface area contributed by atoms with Gasteiger partial charge in [0.05, 0.1) is 5.69 Å². The van der Waals surface area contributed by atoms with Crippen molar-refractivity contribution < 1.29 is 4.79 Å². The fourth-order valence-corrected chi connectivity index (χ4v) is 3.80. The monoisotopic (exact) mass is 315 g/mol. The largest absolute Gasteiger partial charge is 0.375 e. The van der Waals surface area contributed by atoms with E-state index in [1.807, 2.05) is 30.3 Å². The summed E-state index contributed by atoms with van der Waals surface area (Å²) >= 11 is 1.26. The number of thiazole rings is 1. The second-order valence-corrected chi connectivity index (χ2v) is 6.97. The zero-order chi connectivity index (χ0) is 15.5. The molecule has 0 saturated heterocycles. The minimum Gasteiger partial charge on any atom is -0.375 e. The normalized spacial score (nSPS) is 21.5. The van der Waals surface area contributed by atoms with Crippen LogP contribution >= 0.6 is 11.3 Å². The van der Waals surface area contributed by atoms with E-state index in [0.717, 1.165) is 12.0 Å². The van der Waals surface area contributed by atoms with Gasteiger partial charge < -0.3 is 11.1 Å². The molecule has 1 saturated carbocycles. The quantitative estimate of drug-likeness (QED) is 0.907. The number of rotatable bonds is 3. The lowest BCUT2D eigenvalue weighted by Gasteiger charge is -2.29. The van der Waals surface area contributed by atoms with Crippen LogP contribution < -0.4 is 11.1 Å². The second-order valence-electron chi connectivity index (χ2n) is 5.94. The number of amides is 1. The number of nitrogen functional groups attached to an aromatic ring is 1. The van der Waals surface area contributed by atoms with Gasteiger partial charge in [0.1, 0.15) is 4.88 Å².